The monoisotopic (exact) mass is 742 g/mol. The van der Waals surface area contributed by atoms with Gasteiger partial charge in [-0.3, -0.25) is 0 Å². The zero-order chi connectivity index (χ0) is 35.6. The molecule has 2 nitrogen and oxygen atoms in total. The topological polar surface area (TPSA) is 16.1 Å². The van der Waals surface area contributed by atoms with E-state index in [0.717, 1.165) is 33.1 Å². The van der Waals surface area contributed by atoms with E-state index in [-0.39, 0.29) is 0 Å². The van der Waals surface area contributed by atoms with Crippen LogP contribution in [0.5, 0.6) is 0 Å². The molecule has 9 aromatic rings. The van der Waals surface area contributed by atoms with Gasteiger partial charge in [0.15, 0.2) is 0 Å². The Balaban J connectivity index is 1.05. The highest BCUT2D eigenvalue weighted by molar-refractivity contribution is 7.25. The Labute approximate surface area is 324 Å². The molecule has 0 saturated heterocycles. The second-order valence-corrected chi connectivity index (χ2v) is 16.8. The molecule has 0 spiro atoms. The number of hydrogen-bond donors (Lipinski definition) is 0. The minimum atomic E-state index is 1.03. The van der Waals surface area contributed by atoms with E-state index in [1.807, 2.05) is 22.7 Å². The van der Waals surface area contributed by atoms with Crippen molar-refractivity contribution in [1.82, 2.24) is 4.98 Å². The number of nitrogens with zero attached hydrogens (tertiary/aromatic N) is 2. The lowest BCUT2D eigenvalue weighted by Gasteiger charge is -2.28. The predicted octanol–water partition coefficient (Wildman–Crippen LogP) is 15.5. The molecule has 7 aromatic carbocycles. The summed E-state index contributed by atoms with van der Waals surface area (Å²) in [5.41, 5.74) is 10.4. The van der Waals surface area contributed by atoms with Gasteiger partial charge >= 0.3 is 0 Å². The molecule has 254 valence electrons. The largest absolute Gasteiger partial charge is 0.310 e. The Morgan fingerprint density at radius 2 is 1.11 bits per heavy atom. The molecule has 2 aromatic heterocycles. The Kier molecular flexibility index (Phi) is 7.44. The summed E-state index contributed by atoms with van der Waals surface area (Å²) >= 11 is 5.44. The molecule has 2 aliphatic rings. The summed E-state index contributed by atoms with van der Waals surface area (Å²) < 4.78 is 3.86. The fourth-order valence-corrected chi connectivity index (χ4v) is 10.7. The van der Waals surface area contributed by atoms with Crippen molar-refractivity contribution < 1.29 is 0 Å². The minimum absolute atomic E-state index is 1.03. The maximum Gasteiger partial charge on any atom is 0.124 e. The zero-order valence-corrected chi connectivity index (χ0v) is 31.4. The van der Waals surface area contributed by atoms with Crippen LogP contribution in [0.1, 0.15) is 0 Å². The molecule has 1 aliphatic heterocycles. The van der Waals surface area contributed by atoms with Gasteiger partial charge in [0, 0.05) is 52.4 Å². The van der Waals surface area contributed by atoms with Crippen molar-refractivity contribution in [2.75, 3.05) is 4.90 Å². The first-order valence-corrected chi connectivity index (χ1v) is 20.5. The van der Waals surface area contributed by atoms with Crippen LogP contribution in [-0.4, -0.2) is 4.98 Å². The van der Waals surface area contributed by atoms with Crippen molar-refractivity contribution in [1.29, 1.82) is 0 Å². The number of para-hydroxylation sites is 2. The van der Waals surface area contributed by atoms with E-state index in [1.54, 1.807) is 11.3 Å². The third kappa shape index (κ3) is 5.40. The van der Waals surface area contributed by atoms with Crippen LogP contribution in [0.15, 0.2) is 182 Å². The number of thiophene rings is 1. The molecule has 0 bridgehead atoms. The van der Waals surface area contributed by atoms with Crippen LogP contribution in [0.4, 0.5) is 17.1 Å². The molecule has 0 atom stereocenters. The summed E-state index contributed by atoms with van der Waals surface area (Å²) in [6.07, 6.45) is 0. The zero-order valence-electron chi connectivity index (χ0n) is 28.9. The van der Waals surface area contributed by atoms with Crippen LogP contribution < -0.4 is 4.90 Å². The van der Waals surface area contributed by atoms with Crippen molar-refractivity contribution in [2.45, 2.75) is 0 Å². The van der Waals surface area contributed by atoms with Crippen molar-refractivity contribution in [2.24, 2.45) is 0 Å². The quantitative estimate of drug-likeness (QED) is 0.169. The molecule has 1 aliphatic carbocycles. The molecule has 0 saturated carbocycles. The van der Waals surface area contributed by atoms with E-state index in [1.165, 1.54) is 67.7 Å². The highest BCUT2D eigenvalue weighted by Crippen LogP contribution is 2.45. The van der Waals surface area contributed by atoms with E-state index in [2.05, 4.69) is 187 Å². The van der Waals surface area contributed by atoms with Crippen molar-refractivity contribution in [3.8, 4) is 42.6 Å². The average Bonchev–Trinajstić information content (AvgIpc) is 3.98. The van der Waals surface area contributed by atoms with Gasteiger partial charge in [0.2, 0.25) is 0 Å². The first kappa shape index (κ1) is 31.4. The minimum Gasteiger partial charge on any atom is -0.310 e. The molecule has 5 heteroatoms. The maximum atomic E-state index is 4.95. The van der Waals surface area contributed by atoms with Crippen molar-refractivity contribution in [3.63, 3.8) is 0 Å². The van der Waals surface area contributed by atoms with Gasteiger partial charge in [0.25, 0.3) is 0 Å². The Morgan fingerprint density at radius 3 is 2.04 bits per heavy atom. The van der Waals surface area contributed by atoms with E-state index in [0.29, 0.717) is 0 Å². The normalized spacial score (nSPS) is 11.7. The van der Waals surface area contributed by atoms with Gasteiger partial charge in [-0.15, -0.1) is 34.0 Å². The molecule has 11 rings (SSSR count). The van der Waals surface area contributed by atoms with Gasteiger partial charge in [-0.05, 0) is 118 Å². The summed E-state index contributed by atoms with van der Waals surface area (Å²) in [7, 11) is 0. The summed E-state index contributed by atoms with van der Waals surface area (Å²) in [6.45, 7) is 0. The van der Waals surface area contributed by atoms with E-state index < -0.39 is 0 Å². The molecule has 0 N–H and O–H groups in total. The van der Waals surface area contributed by atoms with Gasteiger partial charge in [-0.25, -0.2) is 4.98 Å². The lowest BCUT2D eigenvalue weighted by molar-refractivity contribution is 1.29. The third-order valence-corrected chi connectivity index (χ3v) is 13.7. The Bertz CT molecular complexity index is 3100. The molecule has 0 unspecified atom stereocenters. The summed E-state index contributed by atoms with van der Waals surface area (Å²) in [6, 6.07) is 66.5. The molecular weight excluding hydrogens is 713 g/mol. The fraction of sp³-hybridized carbons (Fsp3) is 0. The molecule has 3 heterocycles. The number of thiazole rings is 1. The second-order valence-electron chi connectivity index (χ2n) is 13.6. The van der Waals surface area contributed by atoms with E-state index >= 15 is 0 Å². The summed E-state index contributed by atoms with van der Waals surface area (Å²) in [5.74, 6) is 0. The van der Waals surface area contributed by atoms with Crippen LogP contribution in [0.3, 0.4) is 0 Å². The van der Waals surface area contributed by atoms with Crippen molar-refractivity contribution >= 4 is 92.2 Å². The van der Waals surface area contributed by atoms with Gasteiger partial charge in [-0.2, -0.15) is 0 Å². The van der Waals surface area contributed by atoms with E-state index in [9.17, 15) is 0 Å². The van der Waals surface area contributed by atoms with Crippen LogP contribution in [0, 0.1) is 0 Å². The third-order valence-electron chi connectivity index (χ3n) is 10.3. The molecule has 0 radical (unpaired) electrons. The fourth-order valence-electron chi connectivity index (χ4n) is 7.62. The average molecular weight is 743 g/mol. The van der Waals surface area contributed by atoms with Gasteiger partial charge in [0.1, 0.15) is 5.01 Å². The second kappa shape index (κ2) is 12.8. The number of hydrogen-bond acceptors (Lipinski definition) is 5. The highest BCUT2D eigenvalue weighted by atomic mass is 32.1. The summed E-state index contributed by atoms with van der Waals surface area (Å²) in [5, 5.41) is 6.10. The molecule has 54 heavy (non-hydrogen) atoms. The van der Waals surface area contributed by atoms with Crippen LogP contribution in [0.2, 0.25) is 0 Å². The molecule has 0 amide bonds. The number of fused-ring (bicyclic) bond motifs is 6. The predicted molar refractivity (Wildman–Crippen MR) is 236 cm³/mol. The first-order chi connectivity index (χ1) is 26.7. The van der Waals surface area contributed by atoms with Crippen molar-refractivity contribution in [3.05, 3.63) is 182 Å². The number of rotatable bonds is 6. The van der Waals surface area contributed by atoms with Gasteiger partial charge in [0.05, 0.1) is 15.9 Å². The standard InChI is InChI=1S/C49H30N2S3/c1-4-12-43(40(10-1)46-26-21-32-8-7-15-44(32)52-46)51(37-23-19-33(20-24-37)49-50-42-11-3-6-14-48(42)54-49)38-25-18-31-16-17-34(28-36(31)29-38)35-22-27-47-41(30-35)39-9-2-5-13-45(39)53-47/h1-30H. The Hall–Kier alpha value is -6.11. The van der Waals surface area contributed by atoms with Gasteiger partial charge in [-0.1, -0.05) is 91.0 Å². The lowest BCUT2D eigenvalue weighted by Crippen LogP contribution is -2.11. The summed E-state index contributed by atoms with van der Waals surface area (Å²) in [4.78, 5) is 9.89. The number of benzene rings is 7. The van der Waals surface area contributed by atoms with E-state index in [4.69, 9.17) is 4.98 Å². The van der Waals surface area contributed by atoms with Gasteiger partial charge < -0.3 is 4.90 Å². The Morgan fingerprint density at radius 1 is 0.389 bits per heavy atom. The number of aromatic nitrogens is 1. The van der Waals surface area contributed by atoms with Crippen LogP contribution in [-0.2, 0) is 0 Å². The lowest BCUT2D eigenvalue weighted by atomic mass is 9.99. The molecular formula is C49H30N2S3. The number of anilines is 3. The first-order valence-electron chi connectivity index (χ1n) is 18.0. The highest BCUT2D eigenvalue weighted by Gasteiger charge is 2.19. The van der Waals surface area contributed by atoms with Crippen LogP contribution >= 0.6 is 34.0 Å². The molecule has 0 fully saturated rings. The SMILES string of the molecule is c1cc2ccc(-c3ccccc3N(c3ccc(-c4nc5ccccc5s4)cc3)c3ccc4ccc(-c5ccc6sc7ccccc7c6c5)cc4c3)sc-2c1. The maximum absolute atomic E-state index is 4.95. The smallest absolute Gasteiger partial charge is 0.124 e. The van der Waals surface area contributed by atoms with Crippen LogP contribution in [0.25, 0.3) is 83.7 Å².